The highest BCUT2D eigenvalue weighted by Crippen LogP contribution is 2.23. The fraction of sp³-hybridized carbons (Fsp3) is 0.364. The molecule has 0 spiro atoms. The number of benzene rings is 1. The summed E-state index contributed by atoms with van der Waals surface area (Å²) in [5, 5.41) is 1.20. The average molecular weight is 226 g/mol. The lowest BCUT2D eigenvalue weighted by Crippen LogP contribution is -1.83. The number of halogens is 1. The molecule has 1 aromatic heterocycles. The second kappa shape index (κ2) is 4.28. The summed E-state index contributed by atoms with van der Waals surface area (Å²) in [5.74, 6) is 0.717. The Morgan fingerprint density at radius 3 is 3.07 bits per heavy atom. The molecule has 0 atom stereocenters. The Morgan fingerprint density at radius 2 is 2.29 bits per heavy atom. The molecule has 3 heteroatoms. The number of fused-ring (bicyclic) bond motifs is 1. The van der Waals surface area contributed by atoms with Gasteiger partial charge in [0.15, 0.2) is 0 Å². The van der Waals surface area contributed by atoms with Crippen molar-refractivity contribution < 1.29 is 0 Å². The summed E-state index contributed by atoms with van der Waals surface area (Å²) in [4.78, 5) is 4.55. The van der Waals surface area contributed by atoms with Crippen LogP contribution in [-0.2, 0) is 6.42 Å². The first-order valence-electron chi connectivity index (χ1n) is 4.71. The summed E-state index contributed by atoms with van der Waals surface area (Å²) in [6.07, 6.45) is 2.02. The number of rotatable bonds is 3. The predicted molar refractivity (Wildman–Crippen MR) is 63.4 cm³/mol. The minimum Gasteiger partial charge on any atom is -0.241 e. The van der Waals surface area contributed by atoms with Gasteiger partial charge in [0.25, 0.3) is 0 Å². The molecule has 74 valence electrons. The highest BCUT2D eigenvalue weighted by atomic mass is 35.5. The number of hydrogen-bond acceptors (Lipinski definition) is 2. The van der Waals surface area contributed by atoms with Gasteiger partial charge in [-0.25, -0.2) is 4.98 Å². The van der Waals surface area contributed by atoms with E-state index in [1.165, 1.54) is 15.3 Å². The maximum Gasteiger partial charge on any atom is 0.0939 e. The molecule has 1 heterocycles. The predicted octanol–water partition coefficient (Wildman–Crippen LogP) is 3.78. The number of thiazole rings is 1. The highest BCUT2D eigenvalue weighted by Gasteiger charge is 2.02. The van der Waals surface area contributed by atoms with Crippen molar-refractivity contribution in [3.63, 3.8) is 0 Å². The van der Waals surface area contributed by atoms with Gasteiger partial charge in [-0.05, 0) is 31.0 Å². The number of aromatic nitrogens is 1. The fourth-order valence-corrected chi connectivity index (χ4v) is 2.65. The quantitative estimate of drug-likeness (QED) is 0.725. The van der Waals surface area contributed by atoms with Crippen molar-refractivity contribution >= 4 is 33.2 Å². The number of aryl methyl sites for hydroxylation is 2. The van der Waals surface area contributed by atoms with E-state index < -0.39 is 0 Å². The first-order valence-corrected chi connectivity index (χ1v) is 6.07. The van der Waals surface area contributed by atoms with Crippen LogP contribution in [0.25, 0.3) is 10.2 Å². The standard InChI is InChI=1S/C11H12ClNS/c1-8-4-5-9-10(7-8)14-11(13-9)3-2-6-12/h4-5,7H,2-3,6H2,1H3. The molecule has 0 unspecified atom stereocenters. The molecule has 1 aromatic carbocycles. The minimum absolute atomic E-state index is 0.717. The van der Waals surface area contributed by atoms with E-state index in [0.29, 0.717) is 0 Å². The molecule has 0 aliphatic heterocycles. The van der Waals surface area contributed by atoms with Gasteiger partial charge in [-0.2, -0.15) is 0 Å². The van der Waals surface area contributed by atoms with Crippen LogP contribution in [0.4, 0.5) is 0 Å². The molecule has 0 N–H and O–H groups in total. The van der Waals surface area contributed by atoms with Crippen LogP contribution >= 0.6 is 22.9 Å². The molecule has 2 rings (SSSR count). The van der Waals surface area contributed by atoms with E-state index in [1.807, 2.05) is 0 Å². The van der Waals surface area contributed by atoms with Crippen molar-refractivity contribution in [2.24, 2.45) is 0 Å². The van der Waals surface area contributed by atoms with E-state index in [9.17, 15) is 0 Å². The van der Waals surface area contributed by atoms with Crippen LogP contribution < -0.4 is 0 Å². The zero-order valence-electron chi connectivity index (χ0n) is 8.09. The number of alkyl halides is 1. The van der Waals surface area contributed by atoms with Crippen LogP contribution in [0.15, 0.2) is 18.2 Å². The normalized spacial score (nSPS) is 11.0. The Hall–Kier alpha value is -0.600. The van der Waals surface area contributed by atoms with Crippen molar-refractivity contribution in [3.8, 4) is 0 Å². The number of nitrogens with zero attached hydrogens (tertiary/aromatic N) is 1. The van der Waals surface area contributed by atoms with E-state index in [0.717, 1.165) is 24.2 Å². The Morgan fingerprint density at radius 1 is 1.43 bits per heavy atom. The zero-order valence-corrected chi connectivity index (χ0v) is 9.66. The molecular weight excluding hydrogens is 214 g/mol. The van der Waals surface area contributed by atoms with Gasteiger partial charge in [-0.15, -0.1) is 22.9 Å². The van der Waals surface area contributed by atoms with Crippen LogP contribution in [-0.4, -0.2) is 10.9 Å². The molecule has 2 aromatic rings. The third kappa shape index (κ3) is 2.07. The Bertz CT molecular complexity index is 436. The van der Waals surface area contributed by atoms with Crippen LogP contribution in [0.1, 0.15) is 17.0 Å². The van der Waals surface area contributed by atoms with Crippen LogP contribution in [0, 0.1) is 6.92 Å². The monoisotopic (exact) mass is 225 g/mol. The molecule has 0 aliphatic carbocycles. The molecule has 0 aliphatic rings. The fourth-order valence-electron chi connectivity index (χ4n) is 1.40. The first-order chi connectivity index (χ1) is 6.79. The molecule has 0 saturated heterocycles. The molecule has 0 radical (unpaired) electrons. The summed E-state index contributed by atoms with van der Waals surface area (Å²) in [5.41, 5.74) is 2.41. The van der Waals surface area contributed by atoms with Gasteiger partial charge in [-0.3, -0.25) is 0 Å². The molecule has 0 fully saturated rings. The smallest absolute Gasteiger partial charge is 0.0939 e. The Labute approximate surface area is 92.7 Å². The third-order valence-electron chi connectivity index (χ3n) is 2.11. The topological polar surface area (TPSA) is 12.9 Å². The largest absolute Gasteiger partial charge is 0.241 e. The average Bonchev–Trinajstić information content (AvgIpc) is 2.56. The van der Waals surface area contributed by atoms with E-state index >= 15 is 0 Å². The van der Waals surface area contributed by atoms with Gasteiger partial charge in [0.05, 0.1) is 15.2 Å². The lowest BCUT2D eigenvalue weighted by atomic mass is 10.2. The maximum absolute atomic E-state index is 5.65. The number of hydrogen-bond donors (Lipinski definition) is 0. The van der Waals surface area contributed by atoms with Crippen LogP contribution in [0.3, 0.4) is 0 Å². The van der Waals surface area contributed by atoms with E-state index in [2.05, 4.69) is 30.1 Å². The third-order valence-corrected chi connectivity index (χ3v) is 3.46. The van der Waals surface area contributed by atoms with Crippen molar-refractivity contribution in [2.45, 2.75) is 19.8 Å². The van der Waals surface area contributed by atoms with Crippen LogP contribution in [0.5, 0.6) is 0 Å². The van der Waals surface area contributed by atoms with Gasteiger partial charge in [-0.1, -0.05) is 6.07 Å². The molecule has 14 heavy (non-hydrogen) atoms. The molecule has 0 amide bonds. The summed E-state index contributed by atoms with van der Waals surface area (Å²) >= 11 is 7.43. The first kappa shape index (κ1) is 9.94. The Kier molecular flexibility index (Phi) is 3.04. The molecule has 0 saturated carbocycles. The minimum atomic E-state index is 0.717. The van der Waals surface area contributed by atoms with Crippen molar-refractivity contribution in [2.75, 3.05) is 5.88 Å². The highest BCUT2D eigenvalue weighted by molar-refractivity contribution is 7.18. The van der Waals surface area contributed by atoms with E-state index in [-0.39, 0.29) is 0 Å². The zero-order chi connectivity index (χ0) is 9.97. The second-order valence-corrected chi connectivity index (χ2v) is 4.86. The lowest BCUT2D eigenvalue weighted by Gasteiger charge is -1.88. The van der Waals surface area contributed by atoms with Crippen LogP contribution in [0.2, 0.25) is 0 Å². The summed E-state index contributed by atoms with van der Waals surface area (Å²) < 4.78 is 1.29. The maximum atomic E-state index is 5.65. The van der Waals surface area contributed by atoms with Crippen molar-refractivity contribution in [1.29, 1.82) is 0 Å². The SMILES string of the molecule is Cc1ccc2nc(CCCCl)sc2c1. The van der Waals surface area contributed by atoms with Gasteiger partial charge < -0.3 is 0 Å². The van der Waals surface area contributed by atoms with Gasteiger partial charge >= 0.3 is 0 Å². The van der Waals surface area contributed by atoms with Gasteiger partial charge in [0.2, 0.25) is 0 Å². The summed E-state index contributed by atoms with van der Waals surface area (Å²) in [6.45, 7) is 2.11. The van der Waals surface area contributed by atoms with Crippen molar-refractivity contribution in [1.82, 2.24) is 4.98 Å². The van der Waals surface area contributed by atoms with E-state index in [4.69, 9.17) is 11.6 Å². The summed E-state index contributed by atoms with van der Waals surface area (Å²) in [7, 11) is 0. The molecular formula is C11H12ClNS. The second-order valence-electron chi connectivity index (χ2n) is 3.37. The molecule has 0 bridgehead atoms. The molecule has 1 nitrogen and oxygen atoms in total. The Balaban J connectivity index is 2.32. The van der Waals surface area contributed by atoms with Gasteiger partial charge in [0, 0.05) is 12.3 Å². The van der Waals surface area contributed by atoms with Crippen molar-refractivity contribution in [3.05, 3.63) is 28.8 Å². The van der Waals surface area contributed by atoms with Gasteiger partial charge in [0.1, 0.15) is 0 Å². The lowest BCUT2D eigenvalue weighted by molar-refractivity contribution is 0.919. The summed E-state index contributed by atoms with van der Waals surface area (Å²) in [6, 6.07) is 6.38. The van der Waals surface area contributed by atoms with E-state index in [1.54, 1.807) is 11.3 Å².